The average Bonchev–Trinajstić information content (AvgIpc) is 2.72. The van der Waals surface area contributed by atoms with E-state index in [-0.39, 0.29) is 0 Å². The summed E-state index contributed by atoms with van der Waals surface area (Å²) in [5.74, 6) is 0. The van der Waals surface area contributed by atoms with E-state index < -0.39 is 0 Å². The predicted octanol–water partition coefficient (Wildman–Crippen LogP) is 1.54. The van der Waals surface area contributed by atoms with E-state index in [1.54, 1.807) is 7.11 Å². The molecule has 1 aromatic heterocycles. The Morgan fingerprint density at radius 2 is 2.44 bits per heavy atom. The molecule has 0 aliphatic rings. The van der Waals surface area contributed by atoms with Gasteiger partial charge in [-0.05, 0) is 6.42 Å². The highest BCUT2D eigenvalue weighted by atomic mass is 16.5. The Hall–Kier alpha value is -1.13. The van der Waals surface area contributed by atoms with Crippen LogP contribution in [0.3, 0.4) is 0 Å². The molecule has 0 amide bonds. The molecule has 16 heavy (non-hydrogen) atoms. The largest absolute Gasteiger partial charge is 0.383 e. The molecule has 0 bridgehead atoms. The molecule has 1 heterocycles. The molecule has 0 aliphatic carbocycles. The van der Waals surface area contributed by atoms with Crippen molar-refractivity contribution in [2.45, 2.75) is 19.9 Å². The maximum absolute atomic E-state index is 4.94. The van der Waals surface area contributed by atoms with Gasteiger partial charge in [-0.25, -0.2) is 0 Å². The Labute approximate surface area is 97.3 Å². The first-order valence-electron chi connectivity index (χ1n) is 5.75. The normalized spacial score (nSPS) is 11.4. The summed E-state index contributed by atoms with van der Waals surface area (Å²) in [7, 11) is 1.71. The number of aromatic nitrogens is 2. The lowest BCUT2D eigenvalue weighted by Crippen LogP contribution is -2.18. The second-order valence-corrected chi connectivity index (χ2v) is 3.64. The molecule has 0 spiro atoms. The molecule has 0 aromatic carbocycles. The smallest absolute Gasteiger partial charge is 0.0587 e. The molecule has 0 saturated heterocycles. The van der Waals surface area contributed by atoms with Gasteiger partial charge in [0.1, 0.15) is 0 Å². The highest BCUT2D eigenvalue weighted by Crippen LogP contribution is 2.00. The lowest BCUT2D eigenvalue weighted by Gasteiger charge is -1.98. The summed E-state index contributed by atoms with van der Waals surface area (Å²) in [5.41, 5.74) is 1.15. The molecule has 0 saturated carbocycles. The van der Waals surface area contributed by atoms with Crippen molar-refractivity contribution in [2.75, 3.05) is 26.8 Å². The van der Waals surface area contributed by atoms with Gasteiger partial charge in [0.25, 0.3) is 0 Å². The van der Waals surface area contributed by atoms with Crippen LogP contribution < -0.4 is 5.32 Å². The Balaban J connectivity index is 2.21. The van der Waals surface area contributed by atoms with Gasteiger partial charge in [-0.2, -0.15) is 5.10 Å². The van der Waals surface area contributed by atoms with Gasteiger partial charge in [-0.1, -0.05) is 19.1 Å². The van der Waals surface area contributed by atoms with E-state index in [4.69, 9.17) is 4.74 Å². The maximum atomic E-state index is 4.94. The lowest BCUT2D eigenvalue weighted by atomic mass is 10.3. The van der Waals surface area contributed by atoms with Crippen molar-refractivity contribution in [3.63, 3.8) is 0 Å². The van der Waals surface area contributed by atoms with E-state index in [0.29, 0.717) is 0 Å². The first-order chi connectivity index (χ1) is 7.86. The van der Waals surface area contributed by atoms with Crippen LogP contribution in [0.4, 0.5) is 0 Å². The zero-order chi connectivity index (χ0) is 11.6. The molecule has 0 unspecified atom stereocenters. The van der Waals surface area contributed by atoms with Gasteiger partial charge in [0.2, 0.25) is 0 Å². The summed E-state index contributed by atoms with van der Waals surface area (Å²) in [6.07, 6.45) is 9.25. The standard InChI is InChI=1S/C12H21N3O/c1-3-8-15-11-12(10-14-15)5-4-6-13-7-9-16-2/h4-5,10-11,13H,3,6-9H2,1-2H3/b5-4+. The Morgan fingerprint density at radius 1 is 1.56 bits per heavy atom. The third-order valence-electron chi connectivity index (χ3n) is 2.16. The van der Waals surface area contributed by atoms with Gasteiger partial charge in [0.15, 0.2) is 0 Å². The summed E-state index contributed by atoms with van der Waals surface area (Å²) in [6, 6.07) is 0. The molecule has 1 rings (SSSR count). The van der Waals surface area contributed by atoms with Crippen LogP contribution >= 0.6 is 0 Å². The quantitative estimate of drug-likeness (QED) is 0.679. The SMILES string of the molecule is CCCn1cc(/C=C/CNCCOC)cn1. The number of ether oxygens (including phenoxy) is 1. The third kappa shape index (κ3) is 5.09. The Kier molecular flexibility index (Phi) is 6.53. The van der Waals surface area contributed by atoms with Gasteiger partial charge in [-0.15, -0.1) is 0 Å². The van der Waals surface area contributed by atoms with Crippen molar-refractivity contribution >= 4 is 6.08 Å². The minimum Gasteiger partial charge on any atom is -0.383 e. The van der Waals surface area contributed by atoms with Gasteiger partial charge in [0.05, 0.1) is 12.8 Å². The van der Waals surface area contributed by atoms with E-state index in [9.17, 15) is 0 Å². The molecule has 1 aromatic rings. The number of methoxy groups -OCH3 is 1. The van der Waals surface area contributed by atoms with Crippen LogP contribution in [-0.4, -0.2) is 36.6 Å². The fourth-order valence-electron chi connectivity index (χ4n) is 1.37. The summed E-state index contributed by atoms with van der Waals surface area (Å²) < 4.78 is 6.91. The minimum atomic E-state index is 0.752. The first kappa shape index (κ1) is 12.9. The van der Waals surface area contributed by atoms with Crippen molar-refractivity contribution in [3.05, 3.63) is 24.0 Å². The van der Waals surface area contributed by atoms with Crippen molar-refractivity contribution in [1.82, 2.24) is 15.1 Å². The minimum absolute atomic E-state index is 0.752. The molecule has 0 atom stereocenters. The molecule has 0 aliphatic heterocycles. The van der Waals surface area contributed by atoms with E-state index in [2.05, 4.69) is 35.7 Å². The number of nitrogens with zero attached hydrogens (tertiary/aromatic N) is 2. The Morgan fingerprint density at radius 3 is 3.19 bits per heavy atom. The van der Waals surface area contributed by atoms with Crippen molar-refractivity contribution in [2.24, 2.45) is 0 Å². The molecule has 4 nitrogen and oxygen atoms in total. The van der Waals surface area contributed by atoms with Crippen LogP contribution in [0.1, 0.15) is 18.9 Å². The van der Waals surface area contributed by atoms with E-state index in [0.717, 1.165) is 38.2 Å². The van der Waals surface area contributed by atoms with E-state index in [1.165, 1.54) is 0 Å². The summed E-state index contributed by atoms with van der Waals surface area (Å²) >= 11 is 0. The zero-order valence-corrected chi connectivity index (χ0v) is 10.1. The van der Waals surface area contributed by atoms with Gasteiger partial charge < -0.3 is 10.1 Å². The summed E-state index contributed by atoms with van der Waals surface area (Å²) in [6.45, 7) is 5.64. The van der Waals surface area contributed by atoms with E-state index >= 15 is 0 Å². The number of hydrogen-bond acceptors (Lipinski definition) is 3. The fraction of sp³-hybridized carbons (Fsp3) is 0.583. The monoisotopic (exact) mass is 223 g/mol. The highest BCUT2D eigenvalue weighted by Gasteiger charge is 1.92. The number of hydrogen-bond donors (Lipinski definition) is 1. The lowest BCUT2D eigenvalue weighted by molar-refractivity contribution is 0.200. The predicted molar refractivity (Wildman–Crippen MR) is 66.3 cm³/mol. The highest BCUT2D eigenvalue weighted by molar-refractivity contribution is 5.46. The van der Waals surface area contributed by atoms with Gasteiger partial charge in [-0.3, -0.25) is 4.68 Å². The van der Waals surface area contributed by atoms with Crippen LogP contribution in [-0.2, 0) is 11.3 Å². The second kappa shape index (κ2) is 8.07. The fourth-order valence-corrected chi connectivity index (χ4v) is 1.37. The van der Waals surface area contributed by atoms with Crippen LogP contribution in [0.25, 0.3) is 6.08 Å². The zero-order valence-electron chi connectivity index (χ0n) is 10.1. The summed E-state index contributed by atoms with van der Waals surface area (Å²) in [4.78, 5) is 0. The molecular formula is C12H21N3O. The topological polar surface area (TPSA) is 39.1 Å². The average molecular weight is 223 g/mol. The van der Waals surface area contributed by atoms with E-state index in [1.807, 2.05) is 10.9 Å². The molecule has 4 heteroatoms. The maximum Gasteiger partial charge on any atom is 0.0587 e. The van der Waals surface area contributed by atoms with Crippen molar-refractivity contribution < 1.29 is 4.74 Å². The molecule has 0 radical (unpaired) electrons. The van der Waals surface area contributed by atoms with Gasteiger partial charge in [0, 0.05) is 38.5 Å². The third-order valence-corrected chi connectivity index (χ3v) is 2.16. The van der Waals surface area contributed by atoms with Crippen LogP contribution in [0, 0.1) is 0 Å². The number of nitrogens with one attached hydrogen (secondary N) is 1. The van der Waals surface area contributed by atoms with Gasteiger partial charge >= 0.3 is 0 Å². The molecule has 1 N–H and O–H groups in total. The first-order valence-corrected chi connectivity index (χ1v) is 5.75. The van der Waals surface area contributed by atoms with Crippen molar-refractivity contribution in [3.8, 4) is 0 Å². The van der Waals surface area contributed by atoms with Crippen LogP contribution in [0.5, 0.6) is 0 Å². The van der Waals surface area contributed by atoms with Crippen molar-refractivity contribution in [1.29, 1.82) is 0 Å². The summed E-state index contributed by atoms with van der Waals surface area (Å²) in [5, 5.41) is 7.51. The number of rotatable bonds is 8. The second-order valence-electron chi connectivity index (χ2n) is 3.64. The molecule has 90 valence electrons. The molecule has 0 fully saturated rings. The van der Waals surface area contributed by atoms with Crippen LogP contribution in [0.2, 0.25) is 0 Å². The number of aryl methyl sites for hydroxylation is 1. The molecular weight excluding hydrogens is 202 g/mol. The Bertz CT molecular complexity index is 307. The van der Waals surface area contributed by atoms with Crippen LogP contribution in [0.15, 0.2) is 18.5 Å².